The smallest absolute Gasteiger partial charge is 0.141 e. The van der Waals surface area contributed by atoms with Gasteiger partial charge in [-0.1, -0.05) is 17.9 Å². The van der Waals surface area contributed by atoms with Crippen molar-refractivity contribution in [1.82, 2.24) is 4.98 Å². The van der Waals surface area contributed by atoms with Gasteiger partial charge in [-0.05, 0) is 24.3 Å². The zero-order valence-corrected chi connectivity index (χ0v) is 11.5. The molecule has 0 N–H and O–H groups in total. The highest BCUT2D eigenvalue weighted by atomic mass is 35.5. The summed E-state index contributed by atoms with van der Waals surface area (Å²) in [5.41, 5.74) is 1.55. The Labute approximate surface area is 122 Å². The molecule has 0 saturated carbocycles. The average molecular weight is 290 g/mol. The van der Waals surface area contributed by atoms with Crippen molar-refractivity contribution in [2.75, 3.05) is 5.88 Å². The van der Waals surface area contributed by atoms with E-state index in [1.165, 1.54) is 6.07 Å². The molecule has 0 aliphatic carbocycles. The molecule has 102 valence electrons. The van der Waals surface area contributed by atoms with E-state index in [-0.39, 0.29) is 12.4 Å². The molecule has 0 aliphatic rings. The number of alkyl halides is 1. The van der Waals surface area contributed by atoms with E-state index in [9.17, 15) is 4.39 Å². The fraction of sp³-hybridized carbons (Fsp3) is 0.188. The number of benzene rings is 1. The van der Waals surface area contributed by atoms with Crippen LogP contribution in [0.2, 0.25) is 0 Å². The second kappa shape index (κ2) is 7.52. The molecule has 0 bridgehead atoms. The minimum atomic E-state index is -0.369. The minimum absolute atomic E-state index is 0.267. The number of nitrogens with zero attached hydrogens (tertiary/aromatic N) is 1. The zero-order valence-electron chi connectivity index (χ0n) is 10.8. The highest BCUT2D eigenvalue weighted by molar-refractivity contribution is 6.18. The second-order valence-corrected chi connectivity index (χ2v) is 4.45. The van der Waals surface area contributed by atoms with Gasteiger partial charge in [0.1, 0.15) is 18.2 Å². The van der Waals surface area contributed by atoms with E-state index >= 15 is 0 Å². The third kappa shape index (κ3) is 4.56. The van der Waals surface area contributed by atoms with Crippen LogP contribution in [0.5, 0.6) is 5.75 Å². The number of ether oxygens (including phenoxy) is 1. The molecule has 0 spiro atoms. The van der Waals surface area contributed by atoms with Crippen molar-refractivity contribution in [1.29, 1.82) is 0 Å². The van der Waals surface area contributed by atoms with Gasteiger partial charge in [0.15, 0.2) is 0 Å². The lowest BCUT2D eigenvalue weighted by atomic mass is 10.2. The predicted molar refractivity (Wildman–Crippen MR) is 77.2 cm³/mol. The lowest BCUT2D eigenvalue weighted by Gasteiger charge is -2.06. The fourth-order valence-electron chi connectivity index (χ4n) is 1.58. The highest BCUT2D eigenvalue weighted by Crippen LogP contribution is 2.14. The highest BCUT2D eigenvalue weighted by Gasteiger charge is 1.99. The molecule has 1 aromatic heterocycles. The first-order valence-electron chi connectivity index (χ1n) is 6.15. The van der Waals surface area contributed by atoms with E-state index in [1.54, 1.807) is 6.20 Å². The molecule has 0 fully saturated rings. The second-order valence-electron chi connectivity index (χ2n) is 4.07. The zero-order chi connectivity index (χ0) is 14.2. The quantitative estimate of drug-likeness (QED) is 0.631. The monoisotopic (exact) mass is 289 g/mol. The summed E-state index contributed by atoms with van der Waals surface area (Å²) in [6.07, 6.45) is 3.39. The van der Waals surface area contributed by atoms with Gasteiger partial charge in [-0.2, -0.15) is 0 Å². The Bertz CT molecular complexity index is 634. The minimum Gasteiger partial charge on any atom is -0.489 e. The molecular weight excluding hydrogens is 277 g/mol. The van der Waals surface area contributed by atoms with E-state index in [0.717, 1.165) is 11.8 Å². The van der Waals surface area contributed by atoms with Crippen LogP contribution in [0.15, 0.2) is 42.7 Å². The van der Waals surface area contributed by atoms with Gasteiger partial charge in [-0.3, -0.25) is 4.98 Å². The van der Waals surface area contributed by atoms with E-state index in [4.69, 9.17) is 16.3 Å². The van der Waals surface area contributed by atoms with Gasteiger partial charge in [0.25, 0.3) is 0 Å². The third-order valence-electron chi connectivity index (χ3n) is 2.45. The molecule has 2 nitrogen and oxygen atoms in total. The van der Waals surface area contributed by atoms with Crippen LogP contribution in [0.4, 0.5) is 4.39 Å². The van der Waals surface area contributed by atoms with E-state index in [2.05, 4.69) is 16.8 Å². The molecule has 4 heteroatoms. The number of pyridine rings is 1. The summed E-state index contributed by atoms with van der Waals surface area (Å²) in [6, 6.07) is 8.84. The van der Waals surface area contributed by atoms with Crippen molar-refractivity contribution in [2.24, 2.45) is 0 Å². The molecule has 1 aromatic carbocycles. The Morgan fingerprint density at radius 1 is 1.25 bits per heavy atom. The first-order chi connectivity index (χ1) is 9.78. The van der Waals surface area contributed by atoms with Crippen LogP contribution in [0.3, 0.4) is 0 Å². The van der Waals surface area contributed by atoms with Crippen molar-refractivity contribution in [3.8, 4) is 17.6 Å². The molecule has 0 unspecified atom stereocenters. The standard InChI is InChI=1S/C16H13ClFNO/c17-7-2-1-4-13-5-3-6-16(9-13)20-12-14-8-15(18)11-19-10-14/h3,5-6,8-11H,2,7,12H2. The van der Waals surface area contributed by atoms with Gasteiger partial charge in [0.05, 0.1) is 6.20 Å². The maximum atomic E-state index is 13.0. The predicted octanol–water partition coefficient (Wildman–Crippen LogP) is 3.78. The maximum Gasteiger partial charge on any atom is 0.141 e. The first-order valence-corrected chi connectivity index (χ1v) is 6.68. The van der Waals surface area contributed by atoms with Crippen molar-refractivity contribution < 1.29 is 9.13 Å². The van der Waals surface area contributed by atoms with Gasteiger partial charge < -0.3 is 4.74 Å². The van der Waals surface area contributed by atoms with Crippen molar-refractivity contribution in [2.45, 2.75) is 13.0 Å². The van der Waals surface area contributed by atoms with Crippen LogP contribution in [0.1, 0.15) is 17.5 Å². The molecular formula is C16H13ClFNO. The third-order valence-corrected chi connectivity index (χ3v) is 2.64. The molecule has 2 rings (SSSR count). The Hall–Kier alpha value is -2.05. The van der Waals surface area contributed by atoms with Crippen molar-refractivity contribution in [3.05, 3.63) is 59.7 Å². The summed E-state index contributed by atoms with van der Waals surface area (Å²) in [5, 5.41) is 0. The molecule has 0 saturated heterocycles. The fourth-order valence-corrected chi connectivity index (χ4v) is 1.67. The summed E-state index contributed by atoms with van der Waals surface area (Å²) in [7, 11) is 0. The number of aromatic nitrogens is 1. The molecule has 0 atom stereocenters. The Morgan fingerprint density at radius 3 is 2.95 bits per heavy atom. The SMILES string of the molecule is Fc1cncc(COc2cccc(C#CCCCl)c2)c1. The van der Waals surface area contributed by atoms with Crippen molar-refractivity contribution in [3.63, 3.8) is 0 Å². The van der Waals surface area contributed by atoms with Gasteiger partial charge >= 0.3 is 0 Å². The van der Waals surface area contributed by atoms with Crippen molar-refractivity contribution >= 4 is 11.6 Å². The average Bonchev–Trinajstić information content (AvgIpc) is 2.46. The number of halogens is 2. The molecule has 20 heavy (non-hydrogen) atoms. The summed E-state index contributed by atoms with van der Waals surface area (Å²) in [6.45, 7) is 0.267. The largest absolute Gasteiger partial charge is 0.489 e. The first kappa shape index (κ1) is 14.4. The van der Waals surface area contributed by atoms with E-state index < -0.39 is 0 Å². The topological polar surface area (TPSA) is 22.1 Å². The van der Waals surface area contributed by atoms with Crippen LogP contribution in [0, 0.1) is 17.7 Å². The van der Waals surface area contributed by atoms with Crippen LogP contribution in [-0.4, -0.2) is 10.9 Å². The lowest BCUT2D eigenvalue weighted by Crippen LogP contribution is -1.97. The summed E-state index contributed by atoms with van der Waals surface area (Å²) < 4.78 is 18.6. The molecule has 1 heterocycles. The maximum absolute atomic E-state index is 13.0. The Balaban J connectivity index is 2.00. The van der Waals surface area contributed by atoms with E-state index in [0.29, 0.717) is 23.6 Å². The Kier molecular flexibility index (Phi) is 5.40. The number of hydrogen-bond donors (Lipinski definition) is 0. The van der Waals surface area contributed by atoms with E-state index in [1.807, 2.05) is 24.3 Å². The van der Waals surface area contributed by atoms with Gasteiger partial charge in [0, 0.05) is 29.6 Å². The van der Waals surface area contributed by atoms with Gasteiger partial charge in [-0.15, -0.1) is 11.6 Å². The van der Waals surface area contributed by atoms with Crippen LogP contribution >= 0.6 is 11.6 Å². The molecule has 2 aromatic rings. The van der Waals surface area contributed by atoms with Gasteiger partial charge in [-0.25, -0.2) is 4.39 Å². The number of hydrogen-bond acceptors (Lipinski definition) is 2. The summed E-state index contributed by atoms with van der Waals surface area (Å²) in [4.78, 5) is 3.77. The molecule has 0 aliphatic heterocycles. The normalized spacial score (nSPS) is 9.70. The van der Waals surface area contributed by atoms with Crippen LogP contribution in [-0.2, 0) is 6.61 Å². The van der Waals surface area contributed by atoms with Gasteiger partial charge in [0.2, 0.25) is 0 Å². The molecule has 0 radical (unpaired) electrons. The number of rotatable bonds is 4. The Morgan fingerprint density at radius 2 is 2.15 bits per heavy atom. The van der Waals surface area contributed by atoms with Crippen LogP contribution in [0.25, 0.3) is 0 Å². The summed E-state index contributed by atoms with van der Waals surface area (Å²) >= 11 is 5.57. The van der Waals surface area contributed by atoms with Crippen LogP contribution < -0.4 is 4.74 Å². The summed E-state index contributed by atoms with van der Waals surface area (Å²) in [5.74, 6) is 6.81. The molecule has 0 amide bonds. The lowest BCUT2D eigenvalue weighted by molar-refractivity contribution is 0.305.